The number of carbonyl (C=O) groups excluding carboxylic acids is 2. The number of hydrogen-bond donors (Lipinski definition) is 1. The van der Waals surface area contributed by atoms with Gasteiger partial charge in [0.15, 0.2) is 0 Å². The maximum Gasteiger partial charge on any atom is 0.247 e. The van der Waals surface area contributed by atoms with Gasteiger partial charge in [0.1, 0.15) is 5.82 Å². The highest BCUT2D eigenvalue weighted by molar-refractivity contribution is 6.05. The second kappa shape index (κ2) is 5.89. The second-order valence-corrected chi connectivity index (χ2v) is 5.77. The fraction of sp³-hybridized carbons (Fsp3) is 0.600. The zero-order chi connectivity index (χ0) is 14.8. The van der Waals surface area contributed by atoms with Crippen molar-refractivity contribution < 1.29 is 9.59 Å². The molecular weight excluding hydrogens is 268 g/mol. The number of hydrogen-bond acceptors (Lipinski definition) is 5. The molecule has 1 N–H and O–H groups in total. The minimum atomic E-state index is -0.409. The van der Waals surface area contributed by atoms with E-state index in [9.17, 15) is 9.59 Å². The van der Waals surface area contributed by atoms with Crippen LogP contribution in [0.5, 0.6) is 0 Å². The average Bonchev–Trinajstić information content (AvgIpc) is 3.05. The molecule has 112 valence electrons. The monoisotopic (exact) mass is 288 g/mol. The first-order valence-corrected chi connectivity index (χ1v) is 7.53. The summed E-state index contributed by atoms with van der Waals surface area (Å²) in [5.74, 6) is 0.594. The fourth-order valence-corrected chi connectivity index (χ4v) is 3.19. The molecule has 0 aromatic carbocycles. The first-order valence-electron chi connectivity index (χ1n) is 7.53. The summed E-state index contributed by atoms with van der Waals surface area (Å²) in [4.78, 5) is 34.3. The Morgan fingerprint density at radius 2 is 2.10 bits per heavy atom. The Morgan fingerprint density at radius 1 is 1.33 bits per heavy atom. The van der Waals surface area contributed by atoms with Crippen molar-refractivity contribution in [2.24, 2.45) is 0 Å². The Bertz CT molecular complexity index is 554. The Kier molecular flexibility index (Phi) is 3.96. The van der Waals surface area contributed by atoms with Crippen molar-refractivity contribution in [2.75, 3.05) is 0 Å². The number of carbonyl (C=O) groups is 2. The molecular formula is C15H20N4O2. The van der Waals surface area contributed by atoms with Crippen LogP contribution in [0.3, 0.4) is 0 Å². The summed E-state index contributed by atoms with van der Waals surface area (Å²) in [6, 6.07) is 1.53. The predicted octanol–water partition coefficient (Wildman–Crippen LogP) is 0.945. The summed E-state index contributed by atoms with van der Waals surface area (Å²) in [6.45, 7) is 2.31. The van der Waals surface area contributed by atoms with Gasteiger partial charge in [-0.1, -0.05) is 12.8 Å². The van der Waals surface area contributed by atoms with E-state index in [1.165, 1.54) is 4.90 Å². The third kappa shape index (κ3) is 2.95. The molecule has 3 rings (SSSR count). The zero-order valence-corrected chi connectivity index (χ0v) is 12.2. The minimum absolute atomic E-state index is 0.0386. The summed E-state index contributed by atoms with van der Waals surface area (Å²) in [5.41, 5.74) is 0.835. The van der Waals surface area contributed by atoms with Gasteiger partial charge in [-0.05, 0) is 25.8 Å². The van der Waals surface area contributed by atoms with Gasteiger partial charge in [0.25, 0.3) is 0 Å². The second-order valence-electron chi connectivity index (χ2n) is 5.77. The Morgan fingerprint density at radius 3 is 2.81 bits per heavy atom. The van der Waals surface area contributed by atoms with Crippen LogP contribution in [-0.2, 0) is 16.1 Å². The Balaban J connectivity index is 1.62. The molecule has 0 bridgehead atoms. The van der Waals surface area contributed by atoms with Crippen molar-refractivity contribution in [1.82, 2.24) is 20.2 Å². The van der Waals surface area contributed by atoms with E-state index in [1.807, 2.05) is 13.0 Å². The lowest BCUT2D eigenvalue weighted by Crippen LogP contribution is -2.42. The fourth-order valence-electron chi connectivity index (χ4n) is 3.19. The average molecular weight is 288 g/mol. The van der Waals surface area contributed by atoms with E-state index in [1.54, 1.807) is 6.20 Å². The van der Waals surface area contributed by atoms with Crippen molar-refractivity contribution in [3.8, 4) is 0 Å². The van der Waals surface area contributed by atoms with Gasteiger partial charge in [-0.15, -0.1) is 0 Å². The van der Waals surface area contributed by atoms with E-state index in [0.717, 1.165) is 31.4 Å². The van der Waals surface area contributed by atoms with E-state index in [-0.39, 0.29) is 24.3 Å². The molecule has 1 aromatic rings. The molecule has 2 heterocycles. The van der Waals surface area contributed by atoms with Crippen LogP contribution in [0.1, 0.15) is 43.6 Å². The molecule has 6 nitrogen and oxygen atoms in total. The number of aryl methyl sites for hydroxylation is 1. The van der Waals surface area contributed by atoms with Gasteiger partial charge in [-0.3, -0.25) is 19.8 Å². The molecule has 21 heavy (non-hydrogen) atoms. The highest BCUT2D eigenvalue weighted by Crippen LogP contribution is 2.28. The first kappa shape index (κ1) is 14.1. The van der Waals surface area contributed by atoms with Crippen LogP contribution >= 0.6 is 0 Å². The summed E-state index contributed by atoms with van der Waals surface area (Å²) in [5, 5.41) is 3.16. The number of amides is 2. The van der Waals surface area contributed by atoms with Gasteiger partial charge in [-0.2, -0.15) is 0 Å². The topological polar surface area (TPSA) is 75.2 Å². The van der Waals surface area contributed by atoms with Crippen LogP contribution in [0.25, 0.3) is 0 Å². The SMILES string of the molecule is Cc1nccc(CNC2CC(=O)N(C3CCCC3)C2=O)n1. The van der Waals surface area contributed by atoms with Gasteiger partial charge in [0.2, 0.25) is 11.8 Å². The van der Waals surface area contributed by atoms with Gasteiger partial charge < -0.3 is 0 Å². The molecule has 1 atom stereocenters. The maximum atomic E-state index is 12.4. The minimum Gasteiger partial charge on any atom is -0.300 e. The molecule has 6 heteroatoms. The van der Waals surface area contributed by atoms with Gasteiger partial charge in [-0.25, -0.2) is 9.97 Å². The van der Waals surface area contributed by atoms with Crippen LogP contribution < -0.4 is 5.32 Å². The van der Waals surface area contributed by atoms with Crippen LogP contribution in [0, 0.1) is 6.92 Å². The molecule has 0 radical (unpaired) electrons. The van der Waals surface area contributed by atoms with Gasteiger partial charge in [0, 0.05) is 18.8 Å². The normalized spacial score (nSPS) is 23.3. The third-order valence-electron chi connectivity index (χ3n) is 4.24. The number of rotatable bonds is 4. The van der Waals surface area contributed by atoms with Crippen LogP contribution in [0.4, 0.5) is 0 Å². The Labute approximate surface area is 124 Å². The zero-order valence-electron chi connectivity index (χ0n) is 12.2. The van der Waals surface area contributed by atoms with Crippen LogP contribution in [-0.4, -0.2) is 38.8 Å². The summed E-state index contributed by atoms with van der Waals surface area (Å²) < 4.78 is 0. The van der Waals surface area contributed by atoms with Crippen molar-refractivity contribution in [2.45, 2.75) is 57.7 Å². The van der Waals surface area contributed by atoms with Crippen molar-refractivity contribution in [3.05, 3.63) is 23.8 Å². The molecule has 2 fully saturated rings. The predicted molar refractivity (Wildman–Crippen MR) is 76.1 cm³/mol. The van der Waals surface area contributed by atoms with Crippen LogP contribution in [0.2, 0.25) is 0 Å². The molecule has 1 saturated heterocycles. The van der Waals surface area contributed by atoms with E-state index < -0.39 is 6.04 Å². The van der Waals surface area contributed by atoms with E-state index in [4.69, 9.17) is 0 Å². The number of imide groups is 1. The van der Waals surface area contributed by atoms with Crippen molar-refractivity contribution >= 4 is 11.8 Å². The van der Waals surface area contributed by atoms with Crippen LogP contribution in [0.15, 0.2) is 12.3 Å². The maximum absolute atomic E-state index is 12.4. The van der Waals surface area contributed by atoms with Crippen molar-refractivity contribution in [1.29, 1.82) is 0 Å². The highest BCUT2D eigenvalue weighted by atomic mass is 16.2. The number of aromatic nitrogens is 2. The molecule has 2 aliphatic rings. The first-order chi connectivity index (χ1) is 10.1. The van der Waals surface area contributed by atoms with Gasteiger partial charge >= 0.3 is 0 Å². The molecule has 1 saturated carbocycles. The quantitative estimate of drug-likeness (QED) is 0.835. The largest absolute Gasteiger partial charge is 0.300 e. The number of nitrogens with one attached hydrogen (secondary N) is 1. The lowest BCUT2D eigenvalue weighted by molar-refractivity contribution is -0.141. The molecule has 1 unspecified atom stereocenters. The van der Waals surface area contributed by atoms with E-state index in [0.29, 0.717) is 12.4 Å². The summed E-state index contributed by atoms with van der Waals surface area (Å²) in [7, 11) is 0. The highest BCUT2D eigenvalue weighted by Gasteiger charge is 2.42. The lowest BCUT2D eigenvalue weighted by atomic mass is 10.2. The number of nitrogens with zero attached hydrogens (tertiary/aromatic N) is 3. The molecule has 1 aliphatic heterocycles. The molecule has 1 aliphatic carbocycles. The molecule has 1 aromatic heterocycles. The van der Waals surface area contributed by atoms with E-state index >= 15 is 0 Å². The van der Waals surface area contributed by atoms with E-state index in [2.05, 4.69) is 15.3 Å². The molecule has 0 spiro atoms. The van der Waals surface area contributed by atoms with Crippen molar-refractivity contribution in [3.63, 3.8) is 0 Å². The standard InChI is InChI=1S/C15H20N4O2/c1-10-16-7-6-11(18-10)9-17-13-8-14(20)19(15(13)21)12-4-2-3-5-12/h6-7,12-13,17H,2-5,8-9H2,1H3. The summed E-state index contributed by atoms with van der Waals surface area (Å²) in [6.07, 6.45) is 6.09. The smallest absolute Gasteiger partial charge is 0.247 e. The number of likely N-dealkylation sites (tertiary alicyclic amines) is 1. The van der Waals surface area contributed by atoms with Gasteiger partial charge in [0.05, 0.1) is 18.2 Å². The molecule has 2 amide bonds. The summed E-state index contributed by atoms with van der Waals surface area (Å²) >= 11 is 0. The third-order valence-corrected chi connectivity index (χ3v) is 4.24. The lowest BCUT2D eigenvalue weighted by Gasteiger charge is -2.22. The Hall–Kier alpha value is -1.82.